The normalized spacial score (nSPS) is 10.6. The molecule has 1 amide bonds. The van der Waals surface area contributed by atoms with Crippen molar-refractivity contribution in [3.05, 3.63) is 57.0 Å². The van der Waals surface area contributed by atoms with Gasteiger partial charge in [-0.25, -0.2) is 4.79 Å². The average Bonchev–Trinajstić information content (AvgIpc) is 3.12. The second-order valence-electron chi connectivity index (χ2n) is 6.01. The third-order valence-corrected chi connectivity index (χ3v) is 4.66. The first-order valence-corrected chi connectivity index (χ1v) is 9.83. The highest BCUT2D eigenvalue weighted by atomic mass is 79.9. The van der Waals surface area contributed by atoms with E-state index in [1.165, 1.54) is 0 Å². The number of carbonyl (C=O) groups excluding carboxylic acids is 1. The van der Waals surface area contributed by atoms with Gasteiger partial charge < -0.3 is 14.8 Å². The lowest BCUT2D eigenvalue weighted by molar-refractivity contribution is -0.115. The molecular weight excluding hydrogens is 442 g/mol. The van der Waals surface area contributed by atoms with E-state index in [0.717, 1.165) is 10.0 Å². The summed E-state index contributed by atoms with van der Waals surface area (Å²) >= 11 is 3.49. The number of rotatable bonds is 8. The van der Waals surface area contributed by atoms with Gasteiger partial charge in [0.05, 0.1) is 19.6 Å². The van der Waals surface area contributed by atoms with Crippen LogP contribution in [0, 0.1) is 0 Å². The van der Waals surface area contributed by atoms with Crippen molar-refractivity contribution in [2.45, 2.75) is 20.3 Å². The smallest absolute Gasteiger partial charge is 0.439 e. The van der Waals surface area contributed by atoms with Gasteiger partial charge in [-0.2, -0.15) is 0 Å². The molecule has 8 nitrogen and oxygen atoms in total. The number of halogens is 1. The van der Waals surface area contributed by atoms with Crippen LogP contribution in [0.3, 0.4) is 0 Å². The van der Waals surface area contributed by atoms with Gasteiger partial charge >= 0.3 is 5.76 Å². The Morgan fingerprint density at radius 1 is 1.17 bits per heavy atom. The second kappa shape index (κ2) is 9.42. The van der Waals surface area contributed by atoms with Crippen LogP contribution in [0.5, 0.6) is 11.5 Å². The summed E-state index contributed by atoms with van der Waals surface area (Å²) in [5.41, 5.74) is 1.96. The fourth-order valence-corrected chi connectivity index (χ4v) is 3.19. The zero-order valence-corrected chi connectivity index (χ0v) is 17.5. The molecule has 0 fully saturated rings. The Bertz CT molecular complexity index is 1060. The van der Waals surface area contributed by atoms with Crippen LogP contribution in [0.15, 0.2) is 50.2 Å². The number of hydrogen-bond donors (Lipinski definition) is 2. The SMILES string of the molecule is CCOc1cc(Br)c(CC(=O)Nc2cccc(-c3noc(=O)[nH]3)c2)cc1OCC. The minimum Gasteiger partial charge on any atom is -0.490 e. The molecular formula is C20H20BrN3O5. The molecule has 1 aromatic heterocycles. The molecule has 0 aliphatic rings. The van der Waals surface area contributed by atoms with E-state index in [9.17, 15) is 9.59 Å². The summed E-state index contributed by atoms with van der Waals surface area (Å²) in [7, 11) is 0. The van der Waals surface area contributed by atoms with Gasteiger partial charge in [-0.15, -0.1) is 0 Å². The molecule has 0 unspecified atom stereocenters. The number of nitrogens with one attached hydrogen (secondary N) is 2. The summed E-state index contributed by atoms with van der Waals surface area (Å²) in [6, 6.07) is 10.6. The van der Waals surface area contributed by atoms with Gasteiger partial charge in [0.2, 0.25) is 5.91 Å². The Kier molecular flexibility index (Phi) is 6.71. The topological polar surface area (TPSA) is 106 Å². The van der Waals surface area contributed by atoms with Crippen LogP contribution in [-0.4, -0.2) is 29.3 Å². The first kappa shape index (κ1) is 20.7. The summed E-state index contributed by atoms with van der Waals surface area (Å²) in [6.45, 7) is 4.79. The van der Waals surface area contributed by atoms with E-state index in [4.69, 9.17) is 9.47 Å². The maximum Gasteiger partial charge on any atom is 0.439 e. The lowest BCUT2D eigenvalue weighted by Gasteiger charge is -2.14. The molecule has 1 heterocycles. The van der Waals surface area contributed by atoms with Crippen molar-refractivity contribution >= 4 is 27.5 Å². The van der Waals surface area contributed by atoms with E-state index in [1.54, 1.807) is 36.4 Å². The lowest BCUT2D eigenvalue weighted by atomic mass is 10.1. The van der Waals surface area contributed by atoms with Crippen molar-refractivity contribution in [1.82, 2.24) is 10.1 Å². The molecule has 0 atom stereocenters. The van der Waals surface area contributed by atoms with Crippen molar-refractivity contribution in [1.29, 1.82) is 0 Å². The van der Waals surface area contributed by atoms with Crippen LogP contribution in [0.1, 0.15) is 19.4 Å². The molecule has 0 aliphatic heterocycles. The molecule has 0 aliphatic carbocycles. The summed E-state index contributed by atoms with van der Waals surface area (Å²) in [6.07, 6.45) is 0.137. The number of H-pyrrole nitrogens is 1. The Hall–Kier alpha value is -3.07. The van der Waals surface area contributed by atoms with E-state index < -0.39 is 5.76 Å². The van der Waals surface area contributed by atoms with Crippen LogP contribution in [0.2, 0.25) is 0 Å². The third kappa shape index (κ3) is 5.26. The molecule has 0 radical (unpaired) electrons. The zero-order chi connectivity index (χ0) is 20.8. The molecule has 0 saturated carbocycles. The standard InChI is InChI=1S/C20H20BrN3O5/c1-3-27-16-9-13(15(21)11-17(16)28-4-2)10-18(25)22-14-7-5-6-12(8-14)19-23-20(26)29-24-19/h5-9,11H,3-4,10H2,1-2H3,(H,22,25)(H,23,24,26). The van der Waals surface area contributed by atoms with Gasteiger partial charge in [-0.05, 0) is 43.7 Å². The fourth-order valence-electron chi connectivity index (χ4n) is 2.73. The van der Waals surface area contributed by atoms with Crippen molar-refractivity contribution in [3.63, 3.8) is 0 Å². The van der Waals surface area contributed by atoms with E-state index in [0.29, 0.717) is 41.8 Å². The van der Waals surface area contributed by atoms with Crippen LogP contribution < -0.4 is 20.5 Å². The second-order valence-corrected chi connectivity index (χ2v) is 6.86. The summed E-state index contributed by atoms with van der Waals surface area (Å²) in [4.78, 5) is 26.2. The van der Waals surface area contributed by atoms with Crippen LogP contribution >= 0.6 is 15.9 Å². The van der Waals surface area contributed by atoms with Gasteiger partial charge in [-0.3, -0.25) is 14.3 Å². The van der Waals surface area contributed by atoms with Crippen LogP contribution in [-0.2, 0) is 11.2 Å². The number of amides is 1. The average molecular weight is 462 g/mol. The molecule has 2 N–H and O–H groups in total. The number of hydrogen-bond acceptors (Lipinski definition) is 6. The van der Waals surface area contributed by atoms with Gasteiger partial charge in [0, 0.05) is 15.7 Å². The Morgan fingerprint density at radius 3 is 2.55 bits per heavy atom. The van der Waals surface area contributed by atoms with Crippen LogP contribution in [0.25, 0.3) is 11.4 Å². The molecule has 3 aromatic rings. The molecule has 0 saturated heterocycles. The number of benzene rings is 2. The molecule has 3 rings (SSSR count). The largest absolute Gasteiger partial charge is 0.490 e. The Labute approximate surface area is 175 Å². The predicted octanol–water partition coefficient (Wildman–Crippen LogP) is 3.77. The molecule has 29 heavy (non-hydrogen) atoms. The van der Waals surface area contributed by atoms with Crippen LogP contribution in [0.4, 0.5) is 5.69 Å². The number of anilines is 1. The maximum atomic E-state index is 12.6. The molecule has 0 bridgehead atoms. The number of ether oxygens (including phenoxy) is 2. The Balaban J connectivity index is 1.75. The molecule has 152 valence electrons. The van der Waals surface area contributed by atoms with Gasteiger partial charge in [0.1, 0.15) is 0 Å². The predicted molar refractivity (Wildman–Crippen MR) is 111 cm³/mol. The number of aromatic nitrogens is 2. The van der Waals surface area contributed by atoms with Gasteiger partial charge in [-0.1, -0.05) is 33.2 Å². The summed E-state index contributed by atoms with van der Waals surface area (Å²) in [5.74, 6) is 0.668. The minimum atomic E-state index is -0.639. The monoisotopic (exact) mass is 461 g/mol. The van der Waals surface area contributed by atoms with E-state index >= 15 is 0 Å². The zero-order valence-electron chi connectivity index (χ0n) is 16.0. The first-order valence-electron chi connectivity index (χ1n) is 9.04. The van der Waals surface area contributed by atoms with E-state index in [-0.39, 0.29) is 12.3 Å². The minimum absolute atomic E-state index is 0.137. The maximum absolute atomic E-state index is 12.6. The highest BCUT2D eigenvalue weighted by molar-refractivity contribution is 9.10. The molecule has 9 heteroatoms. The molecule has 2 aromatic carbocycles. The van der Waals surface area contributed by atoms with Crippen molar-refractivity contribution < 1.29 is 18.8 Å². The van der Waals surface area contributed by atoms with E-state index in [1.807, 2.05) is 13.8 Å². The highest BCUT2D eigenvalue weighted by Crippen LogP contribution is 2.34. The first-order chi connectivity index (χ1) is 14.0. The quantitative estimate of drug-likeness (QED) is 0.528. The highest BCUT2D eigenvalue weighted by Gasteiger charge is 2.14. The van der Waals surface area contributed by atoms with Crippen molar-refractivity contribution in [2.75, 3.05) is 18.5 Å². The van der Waals surface area contributed by atoms with Gasteiger partial charge in [0.25, 0.3) is 0 Å². The lowest BCUT2D eigenvalue weighted by Crippen LogP contribution is -2.15. The number of nitrogens with zero attached hydrogens (tertiary/aromatic N) is 1. The summed E-state index contributed by atoms with van der Waals surface area (Å²) < 4.78 is 16.5. The van der Waals surface area contributed by atoms with Crippen molar-refractivity contribution in [3.8, 4) is 22.9 Å². The summed E-state index contributed by atoms with van der Waals surface area (Å²) in [5, 5.41) is 6.49. The Morgan fingerprint density at radius 2 is 1.90 bits per heavy atom. The van der Waals surface area contributed by atoms with E-state index in [2.05, 4.69) is 35.9 Å². The van der Waals surface area contributed by atoms with Crippen molar-refractivity contribution in [2.24, 2.45) is 0 Å². The molecule has 0 spiro atoms. The van der Waals surface area contributed by atoms with Gasteiger partial charge in [0.15, 0.2) is 17.3 Å². The number of aromatic amines is 1. The fraction of sp³-hybridized carbons (Fsp3) is 0.250. The third-order valence-electron chi connectivity index (χ3n) is 3.92. The number of carbonyl (C=O) groups is 1.